The van der Waals surface area contributed by atoms with Crippen LogP contribution in [-0.2, 0) is 0 Å². The molecule has 0 aliphatic carbocycles. The highest BCUT2D eigenvalue weighted by atomic mass is 16.5. The lowest BCUT2D eigenvalue weighted by Crippen LogP contribution is -2.86. The van der Waals surface area contributed by atoms with Crippen molar-refractivity contribution in [1.82, 2.24) is 0 Å². The Morgan fingerprint density at radius 1 is 1.32 bits per heavy atom. The Labute approximate surface area is 132 Å². The topological polar surface area (TPSA) is 72.4 Å². The number of aliphatic hydroxyl groups is 1. The van der Waals surface area contributed by atoms with Gasteiger partial charge in [-0.25, -0.2) is 0 Å². The molecule has 0 aliphatic rings. The minimum absolute atomic E-state index is 0.0235. The highest BCUT2D eigenvalue weighted by molar-refractivity contribution is 5.94. The number of carbonyl (C=O) groups is 1. The highest BCUT2D eigenvalue weighted by Crippen LogP contribution is 2.28. The number of benzene rings is 1. The lowest BCUT2D eigenvalue weighted by Gasteiger charge is -2.14. The van der Waals surface area contributed by atoms with E-state index in [4.69, 9.17) is 9.47 Å². The minimum Gasteiger partial charge on any atom is -0.493 e. The van der Waals surface area contributed by atoms with Crippen LogP contribution in [-0.4, -0.2) is 43.8 Å². The fraction of sp³-hybridized carbons (Fsp3) is 0.588. The molecule has 0 aromatic heterocycles. The van der Waals surface area contributed by atoms with Crippen LogP contribution in [0.5, 0.6) is 11.5 Å². The number of methoxy groups -OCH3 is 1. The van der Waals surface area contributed by atoms with E-state index >= 15 is 0 Å². The van der Waals surface area contributed by atoms with Gasteiger partial charge in [-0.05, 0) is 37.5 Å². The van der Waals surface area contributed by atoms with E-state index in [-0.39, 0.29) is 12.4 Å². The van der Waals surface area contributed by atoms with E-state index in [0.717, 1.165) is 13.0 Å². The van der Waals surface area contributed by atoms with Gasteiger partial charge in [0.2, 0.25) is 0 Å². The molecule has 3 N–H and O–H groups in total. The number of ketones is 1. The molecule has 0 unspecified atom stereocenters. The van der Waals surface area contributed by atoms with Crippen molar-refractivity contribution in [2.75, 3.05) is 26.8 Å². The first-order chi connectivity index (χ1) is 10.4. The normalized spacial score (nSPS) is 12.3. The van der Waals surface area contributed by atoms with Crippen LogP contribution in [0.4, 0.5) is 0 Å². The third-order valence-corrected chi connectivity index (χ3v) is 3.39. The van der Waals surface area contributed by atoms with Gasteiger partial charge in [0.15, 0.2) is 17.3 Å². The second-order valence-electron chi connectivity index (χ2n) is 5.88. The summed E-state index contributed by atoms with van der Waals surface area (Å²) in [5.41, 5.74) is 0.576. The molecule has 1 rings (SSSR count). The maximum absolute atomic E-state index is 11.3. The van der Waals surface area contributed by atoms with Crippen LogP contribution < -0.4 is 14.8 Å². The zero-order chi connectivity index (χ0) is 16.5. The molecule has 0 fully saturated rings. The van der Waals surface area contributed by atoms with E-state index in [0.29, 0.717) is 29.5 Å². The number of Topliss-reactive ketones (excluding diaryl/α,β-unsaturated/α-hetero) is 1. The summed E-state index contributed by atoms with van der Waals surface area (Å²) < 4.78 is 10.8. The zero-order valence-electron chi connectivity index (χ0n) is 14.0. The molecule has 0 bridgehead atoms. The monoisotopic (exact) mass is 310 g/mol. The van der Waals surface area contributed by atoms with Crippen molar-refractivity contribution in [3.63, 3.8) is 0 Å². The summed E-state index contributed by atoms with van der Waals surface area (Å²) in [5, 5.41) is 12.0. The summed E-state index contributed by atoms with van der Waals surface area (Å²) in [4.78, 5) is 11.3. The van der Waals surface area contributed by atoms with Gasteiger partial charge in [-0.3, -0.25) is 4.79 Å². The van der Waals surface area contributed by atoms with Gasteiger partial charge in [0.1, 0.15) is 19.3 Å². The average Bonchev–Trinajstić information content (AvgIpc) is 2.49. The summed E-state index contributed by atoms with van der Waals surface area (Å²) >= 11 is 0. The fourth-order valence-electron chi connectivity index (χ4n) is 2.02. The first kappa shape index (κ1) is 18.5. The second kappa shape index (κ2) is 9.43. The van der Waals surface area contributed by atoms with Crippen LogP contribution in [0.3, 0.4) is 0 Å². The van der Waals surface area contributed by atoms with Crippen LogP contribution in [0.1, 0.15) is 37.6 Å². The van der Waals surface area contributed by atoms with E-state index < -0.39 is 6.10 Å². The Morgan fingerprint density at radius 2 is 2.05 bits per heavy atom. The molecule has 5 heteroatoms. The van der Waals surface area contributed by atoms with Crippen LogP contribution in [0.15, 0.2) is 18.2 Å². The molecule has 124 valence electrons. The largest absolute Gasteiger partial charge is 0.493 e. The minimum atomic E-state index is -0.538. The second-order valence-corrected chi connectivity index (χ2v) is 5.88. The Hall–Kier alpha value is -1.59. The number of quaternary nitrogens is 1. The zero-order valence-corrected chi connectivity index (χ0v) is 14.0. The van der Waals surface area contributed by atoms with E-state index in [2.05, 4.69) is 19.2 Å². The molecule has 1 atom stereocenters. The molecular weight excluding hydrogens is 282 g/mol. The maximum Gasteiger partial charge on any atom is 0.161 e. The van der Waals surface area contributed by atoms with Gasteiger partial charge in [-0.2, -0.15) is 0 Å². The number of nitrogens with two attached hydrogens (primary N) is 1. The fourth-order valence-corrected chi connectivity index (χ4v) is 2.02. The molecule has 0 spiro atoms. The van der Waals surface area contributed by atoms with Gasteiger partial charge in [0.25, 0.3) is 0 Å². The molecule has 1 aromatic carbocycles. The van der Waals surface area contributed by atoms with Gasteiger partial charge in [0, 0.05) is 5.56 Å². The van der Waals surface area contributed by atoms with Gasteiger partial charge in [-0.15, -0.1) is 0 Å². The van der Waals surface area contributed by atoms with E-state index in [1.54, 1.807) is 18.2 Å². The molecule has 22 heavy (non-hydrogen) atoms. The van der Waals surface area contributed by atoms with Crippen molar-refractivity contribution in [1.29, 1.82) is 0 Å². The Bertz CT molecular complexity index is 474. The number of carbonyl (C=O) groups excluding carboxylic acids is 1. The van der Waals surface area contributed by atoms with Gasteiger partial charge in [0.05, 0.1) is 13.7 Å². The summed E-state index contributed by atoms with van der Waals surface area (Å²) in [7, 11) is 1.53. The summed E-state index contributed by atoms with van der Waals surface area (Å²) in [5.74, 6) is 1.69. The molecule has 0 saturated carbocycles. The molecular formula is C17H28NO4+. The average molecular weight is 310 g/mol. The molecule has 0 radical (unpaired) electrons. The third-order valence-electron chi connectivity index (χ3n) is 3.39. The maximum atomic E-state index is 11.3. The summed E-state index contributed by atoms with van der Waals surface area (Å²) in [6, 6.07) is 5.05. The number of aliphatic hydroxyl groups excluding tert-OH is 1. The van der Waals surface area contributed by atoms with Crippen molar-refractivity contribution in [3.8, 4) is 11.5 Å². The Morgan fingerprint density at radius 3 is 2.64 bits per heavy atom. The summed E-state index contributed by atoms with van der Waals surface area (Å²) in [6.45, 7) is 7.70. The van der Waals surface area contributed by atoms with E-state index in [1.165, 1.54) is 14.0 Å². The molecule has 0 saturated heterocycles. The number of rotatable bonds is 10. The van der Waals surface area contributed by atoms with Crippen molar-refractivity contribution in [2.45, 2.75) is 33.3 Å². The molecule has 0 amide bonds. The van der Waals surface area contributed by atoms with E-state index in [9.17, 15) is 9.90 Å². The van der Waals surface area contributed by atoms with Crippen molar-refractivity contribution in [3.05, 3.63) is 23.8 Å². The molecule has 5 nitrogen and oxygen atoms in total. The van der Waals surface area contributed by atoms with Crippen molar-refractivity contribution in [2.24, 2.45) is 5.92 Å². The quantitative estimate of drug-likeness (QED) is 0.504. The lowest BCUT2D eigenvalue weighted by molar-refractivity contribution is -0.662. The molecule has 0 heterocycles. The Balaban J connectivity index is 2.45. The lowest BCUT2D eigenvalue weighted by atomic mass is 10.1. The summed E-state index contributed by atoms with van der Waals surface area (Å²) in [6.07, 6.45) is 0.595. The van der Waals surface area contributed by atoms with Gasteiger partial charge >= 0.3 is 0 Å². The van der Waals surface area contributed by atoms with Crippen molar-refractivity contribution < 1.29 is 24.7 Å². The van der Waals surface area contributed by atoms with Gasteiger partial charge < -0.3 is 19.9 Å². The standard InChI is InChI=1S/C17H27NO4/c1-12(2)7-8-18-10-15(20)11-22-16-6-5-14(13(3)19)9-17(16)21-4/h5-6,9,12,15,18,20H,7-8,10-11H2,1-4H3/p+1/t15-/m0/s1. The van der Waals surface area contributed by atoms with Crippen molar-refractivity contribution >= 4 is 5.78 Å². The first-order valence-corrected chi connectivity index (χ1v) is 7.75. The number of hydrogen-bond donors (Lipinski definition) is 2. The highest BCUT2D eigenvalue weighted by Gasteiger charge is 2.12. The van der Waals surface area contributed by atoms with Crippen LogP contribution in [0, 0.1) is 5.92 Å². The predicted molar refractivity (Wildman–Crippen MR) is 85.6 cm³/mol. The Kier molecular flexibility index (Phi) is 7.91. The van der Waals surface area contributed by atoms with Crippen LogP contribution >= 0.6 is 0 Å². The number of ether oxygens (including phenoxy) is 2. The number of hydrogen-bond acceptors (Lipinski definition) is 4. The first-order valence-electron chi connectivity index (χ1n) is 7.75. The molecule has 1 aromatic rings. The van der Waals surface area contributed by atoms with Crippen LogP contribution in [0.2, 0.25) is 0 Å². The third kappa shape index (κ3) is 6.45. The SMILES string of the molecule is COc1cc(C(C)=O)ccc1OC[C@@H](O)C[NH2+]CCC(C)C. The molecule has 0 aliphatic heterocycles. The van der Waals surface area contributed by atoms with E-state index in [1.807, 2.05) is 0 Å². The van der Waals surface area contributed by atoms with Gasteiger partial charge in [-0.1, -0.05) is 13.8 Å². The predicted octanol–water partition coefficient (Wildman–Crippen LogP) is 1.25. The van der Waals surface area contributed by atoms with Crippen LogP contribution in [0.25, 0.3) is 0 Å². The smallest absolute Gasteiger partial charge is 0.161 e.